The summed E-state index contributed by atoms with van der Waals surface area (Å²) in [7, 11) is 0. The largest absolute Gasteiger partial charge is 0.366 e. The number of carbonyl (C=O) groups is 2. The van der Waals surface area contributed by atoms with Crippen molar-refractivity contribution in [3.63, 3.8) is 0 Å². The molecule has 1 heterocycles. The van der Waals surface area contributed by atoms with Gasteiger partial charge in [-0.15, -0.1) is 11.3 Å². The lowest BCUT2D eigenvalue weighted by molar-refractivity contribution is -0.115. The summed E-state index contributed by atoms with van der Waals surface area (Å²) in [6.07, 6.45) is 3.13. The molecule has 1 aromatic carbocycles. The summed E-state index contributed by atoms with van der Waals surface area (Å²) in [5, 5.41) is 7.49. The van der Waals surface area contributed by atoms with E-state index in [4.69, 9.17) is 18.0 Å². The summed E-state index contributed by atoms with van der Waals surface area (Å²) >= 11 is 6.58. The average molecular weight is 331 g/mol. The first kappa shape index (κ1) is 15.9. The Kier molecular flexibility index (Phi) is 5.40. The van der Waals surface area contributed by atoms with Gasteiger partial charge in [-0.1, -0.05) is 6.07 Å². The Bertz CT molecular complexity index is 707. The van der Waals surface area contributed by atoms with E-state index in [2.05, 4.69) is 10.6 Å². The van der Waals surface area contributed by atoms with E-state index in [9.17, 15) is 9.59 Å². The van der Waals surface area contributed by atoms with Crippen LogP contribution in [0.5, 0.6) is 0 Å². The molecule has 1 aromatic heterocycles. The number of carbonyl (C=O) groups excluding carboxylic acids is 2. The Morgan fingerprint density at radius 2 is 1.91 bits per heavy atom. The number of primary amides is 1. The maximum absolute atomic E-state index is 11.7. The number of nitrogens with one attached hydrogen (secondary N) is 2. The van der Waals surface area contributed by atoms with E-state index in [1.54, 1.807) is 30.3 Å². The third kappa shape index (κ3) is 4.80. The molecule has 0 spiro atoms. The maximum Gasteiger partial charge on any atom is 0.250 e. The number of nitrogens with two attached hydrogens (primary N) is 1. The van der Waals surface area contributed by atoms with E-state index in [0.717, 1.165) is 4.88 Å². The molecule has 0 aliphatic rings. The van der Waals surface area contributed by atoms with Gasteiger partial charge in [-0.25, -0.2) is 0 Å². The fraction of sp³-hybridized carbons (Fsp3) is 0. The van der Waals surface area contributed by atoms with Gasteiger partial charge in [-0.3, -0.25) is 14.9 Å². The van der Waals surface area contributed by atoms with Crippen molar-refractivity contribution in [3.8, 4) is 0 Å². The Balaban J connectivity index is 1.87. The SMILES string of the molecule is NC(=O)c1ccc(NC(=S)NC(=O)/C=C/c2cccs2)cc1. The summed E-state index contributed by atoms with van der Waals surface area (Å²) in [6, 6.07) is 10.3. The van der Waals surface area contributed by atoms with Crippen LogP contribution in [0.25, 0.3) is 6.08 Å². The number of amides is 2. The van der Waals surface area contributed by atoms with E-state index in [1.165, 1.54) is 17.4 Å². The van der Waals surface area contributed by atoms with Gasteiger partial charge in [0.15, 0.2) is 5.11 Å². The lowest BCUT2D eigenvalue weighted by Gasteiger charge is -2.08. The first-order valence-electron chi connectivity index (χ1n) is 6.28. The monoisotopic (exact) mass is 331 g/mol. The minimum atomic E-state index is -0.499. The average Bonchev–Trinajstić information content (AvgIpc) is 2.99. The molecule has 2 rings (SSSR count). The predicted octanol–water partition coefficient (Wildman–Crippen LogP) is 2.37. The number of hydrogen-bond donors (Lipinski definition) is 3. The van der Waals surface area contributed by atoms with Gasteiger partial charge in [0.05, 0.1) is 0 Å². The van der Waals surface area contributed by atoms with Crippen LogP contribution < -0.4 is 16.4 Å². The van der Waals surface area contributed by atoms with Gasteiger partial charge in [0.2, 0.25) is 11.8 Å². The van der Waals surface area contributed by atoms with Crippen LogP contribution in [0.15, 0.2) is 47.9 Å². The fourth-order valence-corrected chi connectivity index (χ4v) is 2.41. The highest BCUT2D eigenvalue weighted by molar-refractivity contribution is 7.80. The molecule has 0 unspecified atom stereocenters. The van der Waals surface area contributed by atoms with Gasteiger partial charge >= 0.3 is 0 Å². The van der Waals surface area contributed by atoms with Gasteiger partial charge in [0, 0.05) is 22.2 Å². The van der Waals surface area contributed by atoms with Crippen LogP contribution in [0.3, 0.4) is 0 Å². The second-order valence-corrected chi connectivity index (χ2v) is 5.62. The van der Waals surface area contributed by atoms with Gasteiger partial charge in [-0.2, -0.15) is 0 Å². The number of rotatable bonds is 4. The van der Waals surface area contributed by atoms with Crippen LogP contribution in [-0.2, 0) is 4.79 Å². The van der Waals surface area contributed by atoms with Crippen molar-refractivity contribution in [3.05, 3.63) is 58.3 Å². The van der Waals surface area contributed by atoms with E-state index in [1.807, 2.05) is 17.5 Å². The van der Waals surface area contributed by atoms with Crippen molar-refractivity contribution in [1.29, 1.82) is 0 Å². The topological polar surface area (TPSA) is 84.2 Å². The van der Waals surface area contributed by atoms with Crippen LogP contribution in [0, 0.1) is 0 Å². The number of thiophene rings is 1. The number of benzene rings is 1. The minimum Gasteiger partial charge on any atom is -0.366 e. The van der Waals surface area contributed by atoms with Crippen LogP contribution in [-0.4, -0.2) is 16.9 Å². The summed E-state index contributed by atoms with van der Waals surface area (Å²) in [5.74, 6) is -0.819. The Morgan fingerprint density at radius 3 is 2.50 bits per heavy atom. The quantitative estimate of drug-likeness (QED) is 0.593. The van der Waals surface area contributed by atoms with Crippen molar-refractivity contribution < 1.29 is 9.59 Å². The van der Waals surface area contributed by atoms with Crippen LogP contribution in [0.4, 0.5) is 5.69 Å². The maximum atomic E-state index is 11.7. The molecule has 112 valence electrons. The van der Waals surface area contributed by atoms with Crippen molar-refractivity contribution in [2.24, 2.45) is 5.73 Å². The highest BCUT2D eigenvalue weighted by Gasteiger charge is 2.03. The van der Waals surface area contributed by atoms with Crippen molar-refractivity contribution in [1.82, 2.24) is 5.32 Å². The number of anilines is 1. The molecule has 7 heteroatoms. The molecule has 4 N–H and O–H groups in total. The summed E-state index contributed by atoms with van der Waals surface area (Å²) in [5.41, 5.74) is 6.21. The molecular formula is C15H13N3O2S2. The zero-order valence-corrected chi connectivity index (χ0v) is 13.0. The molecular weight excluding hydrogens is 318 g/mol. The van der Waals surface area contributed by atoms with Crippen LogP contribution in [0.2, 0.25) is 0 Å². The zero-order valence-electron chi connectivity index (χ0n) is 11.4. The summed E-state index contributed by atoms with van der Waals surface area (Å²) < 4.78 is 0. The third-order valence-corrected chi connectivity index (χ3v) is 3.65. The molecule has 5 nitrogen and oxygen atoms in total. The van der Waals surface area contributed by atoms with Crippen LogP contribution >= 0.6 is 23.6 Å². The second-order valence-electron chi connectivity index (χ2n) is 4.23. The predicted molar refractivity (Wildman–Crippen MR) is 92.7 cm³/mol. The zero-order chi connectivity index (χ0) is 15.9. The number of thiocarbonyl (C=S) groups is 1. The Labute approximate surface area is 136 Å². The summed E-state index contributed by atoms with van der Waals surface area (Å²) in [6.45, 7) is 0. The van der Waals surface area contributed by atoms with Crippen molar-refractivity contribution >= 4 is 52.2 Å². The van der Waals surface area contributed by atoms with Crippen molar-refractivity contribution in [2.45, 2.75) is 0 Å². The molecule has 2 amide bonds. The highest BCUT2D eigenvalue weighted by Crippen LogP contribution is 2.10. The number of hydrogen-bond acceptors (Lipinski definition) is 4. The van der Waals surface area contributed by atoms with Crippen molar-refractivity contribution in [2.75, 3.05) is 5.32 Å². The van der Waals surface area contributed by atoms with Gasteiger partial charge in [0.25, 0.3) is 0 Å². The molecule has 0 radical (unpaired) electrons. The van der Waals surface area contributed by atoms with E-state index < -0.39 is 5.91 Å². The fourth-order valence-electron chi connectivity index (χ4n) is 1.58. The molecule has 2 aromatic rings. The Hall–Kier alpha value is -2.51. The smallest absolute Gasteiger partial charge is 0.250 e. The molecule has 0 saturated carbocycles. The summed E-state index contributed by atoms with van der Waals surface area (Å²) in [4.78, 5) is 23.6. The van der Waals surface area contributed by atoms with Crippen LogP contribution in [0.1, 0.15) is 15.2 Å². The molecule has 0 fully saturated rings. The molecule has 0 aliphatic heterocycles. The molecule has 0 atom stereocenters. The molecule has 0 saturated heterocycles. The van der Waals surface area contributed by atoms with E-state index in [-0.39, 0.29) is 11.0 Å². The van der Waals surface area contributed by atoms with Gasteiger partial charge in [0.1, 0.15) is 0 Å². The minimum absolute atomic E-state index is 0.174. The van der Waals surface area contributed by atoms with Gasteiger partial charge in [-0.05, 0) is 54.0 Å². The lowest BCUT2D eigenvalue weighted by atomic mass is 10.2. The lowest BCUT2D eigenvalue weighted by Crippen LogP contribution is -2.32. The molecule has 22 heavy (non-hydrogen) atoms. The standard InChI is InChI=1S/C15H13N3O2S2/c16-14(20)10-3-5-11(6-4-10)17-15(21)18-13(19)8-7-12-2-1-9-22-12/h1-9H,(H2,16,20)(H2,17,18,19,21)/b8-7+. The normalized spacial score (nSPS) is 10.4. The molecule has 0 aliphatic carbocycles. The first-order valence-corrected chi connectivity index (χ1v) is 7.57. The Morgan fingerprint density at radius 1 is 1.18 bits per heavy atom. The van der Waals surface area contributed by atoms with E-state index >= 15 is 0 Å². The third-order valence-electron chi connectivity index (χ3n) is 2.61. The van der Waals surface area contributed by atoms with E-state index in [0.29, 0.717) is 11.3 Å². The second kappa shape index (κ2) is 7.48. The first-order chi connectivity index (χ1) is 10.5. The molecule has 0 bridgehead atoms. The van der Waals surface area contributed by atoms with Gasteiger partial charge < -0.3 is 11.1 Å². The highest BCUT2D eigenvalue weighted by atomic mass is 32.1.